The monoisotopic (exact) mass is 930 g/mol. The van der Waals surface area contributed by atoms with Crippen LogP contribution in [0.4, 0.5) is 4.79 Å². The molecule has 1 heterocycles. The van der Waals surface area contributed by atoms with Crippen LogP contribution in [0.15, 0.2) is 89.9 Å². The standard InChI is InChI=1S/C45H58N10O12/c1-28(2)38-43(62)52-35(24-29-18-20-32(56)21-19-29)41(60)50-34(17-11-23-47-44(46)54-55(64)65)39(58)49-33(16-9-10-22-48-45(63)67-27-31-14-7-4-8-15-31)40(59)51-36(42(61)53-38)25-37(57)66-26-30-12-5-3-6-13-30/h3-8,12-15,18-21,28,33-36,38,56H,9-11,16-17,22-27H2,1-2H3,(H,48,63)(H,49,58)(H,50,60)(H,51,59)(H,52,62)(H,53,61)(H3,46,47,54)/t33-,34-,35-,36-,38-/m0/s1. The normalized spacial score (nSPS) is 19.5. The van der Waals surface area contributed by atoms with Gasteiger partial charge in [0.15, 0.2) is 5.03 Å². The number of aliphatic imine (C=N–C) groups is 1. The summed E-state index contributed by atoms with van der Waals surface area (Å²) >= 11 is 0. The molecule has 0 bridgehead atoms. The quantitative estimate of drug-likeness (QED) is 0.0203. The minimum absolute atomic E-state index is 0.0391. The Labute approximate surface area is 386 Å². The third kappa shape index (κ3) is 18.7. The van der Waals surface area contributed by atoms with Gasteiger partial charge in [0.1, 0.15) is 49.2 Å². The molecule has 360 valence electrons. The second-order valence-electron chi connectivity index (χ2n) is 16.0. The number of carbonyl (C=O) groups excluding carboxylic acids is 7. The Balaban J connectivity index is 1.64. The van der Waals surface area contributed by atoms with Crippen LogP contribution in [0.1, 0.15) is 69.1 Å². The first-order chi connectivity index (χ1) is 32.1. The Bertz CT molecular complexity index is 2180. The van der Waals surface area contributed by atoms with Crippen molar-refractivity contribution in [2.75, 3.05) is 13.1 Å². The number of phenols is 1. The fraction of sp³-hybridized carbons (Fsp3) is 0.422. The van der Waals surface area contributed by atoms with Crippen LogP contribution < -0.4 is 43.1 Å². The zero-order valence-corrected chi connectivity index (χ0v) is 37.2. The van der Waals surface area contributed by atoms with Crippen LogP contribution in [0.5, 0.6) is 5.75 Å². The molecule has 0 saturated carbocycles. The van der Waals surface area contributed by atoms with E-state index in [1.807, 2.05) is 18.2 Å². The van der Waals surface area contributed by atoms with Crippen molar-refractivity contribution >= 4 is 47.6 Å². The van der Waals surface area contributed by atoms with Gasteiger partial charge in [0.05, 0.1) is 6.42 Å². The molecule has 0 spiro atoms. The highest BCUT2D eigenvalue weighted by atomic mass is 16.7. The predicted octanol–water partition coefficient (Wildman–Crippen LogP) is 1.13. The lowest BCUT2D eigenvalue weighted by Crippen LogP contribution is -2.59. The van der Waals surface area contributed by atoms with Gasteiger partial charge in [-0.2, -0.15) is 0 Å². The molecule has 4 rings (SSSR count). The van der Waals surface area contributed by atoms with E-state index in [4.69, 9.17) is 15.2 Å². The Morgan fingerprint density at radius 2 is 1.22 bits per heavy atom. The zero-order valence-electron chi connectivity index (χ0n) is 37.2. The van der Waals surface area contributed by atoms with E-state index in [0.717, 1.165) is 5.56 Å². The number of aromatic hydroxyl groups is 1. The van der Waals surface area contributed by atoms with Crippen molar-refractivity contribution < 1.29 is 53.2 Å². The average Bonchev–Trinajstić information content (AvgIpc) is 3.29. The first kappa shape index (κ1) is 51.9. The highest BCUT2D eigenvalue weighted by Gasteiger charge is 2.36. The van der Waals surface area contributed by atoms with E-state index in [1.165, 1.54) is 24.3 Å². The topological polar surface area (TPSA) is 324 Å². The number of alkyl carbamates (subject to hydrolysis) is 1. The third-order valence-corrected chi connectivity index (χ3v) is 10.3. The molecule has 0 radical (unpaired) electrons. The summed E-state index contributed by atoms with van der Waals surface area (Å²) in [6.45, 7) is 3.18. The number of benzene rings is 3. The number of nitrogens with zero attached hydrogens (tertiary/aromatic N) is 2. The van der Waals surface area contributed by atoms with Gasteiger partial charge in [0.25, 0.3) is 5.96 Å². The molecule has 10 N–H and O–H groups in total. The van der Waals surface area contributed by atoms with Crippen molar-refractivity contribution in [3.8, 4) is 5.75 Å². The van der Waals surface area contributed by atoms with Gasteiger partial charge in [-0.15, -0.1) is 0 Å². The maximum atomic E-state index is 14.2. The molecule has 22 nitrogen and oxygen atoms in total. The number of esters is 1. The zero-order chi connectivity index (χ0) is 48.7. The molecule has 1 aliphatic rings. The summed E-state index contributed by atoms with van der Waals surface area (Å²) in [7, 11) is 0. The molecule has 5 atom stereocenters. The lowest BCUT2D eigenvalue weighted by atomic mass is 10.00. The SMILES string of the molecule is CC(C)[C@@H]1NC(=O)[C@H](CC(=O)OCc2ccccc2)NC(=O)[C@H](CCCCNC(=O)OCc2ccccc2)NC(=O)[C@H](CCCN=C(N)N[N+](=O)[O-])NC(=O)[C@H](Cc2ccc(O)cc2)NC1=O. The second kappa shape index (κ2) is 26.9. The van der Waals surface area contributed by atoms with Crippen LogP contribution in [0, 0.1) is 16.0 Å². The van der Waals surface area contributed by atoms with Crippen molar-refractivity contribution in [2.45, 2.75) is 102 Å². The van der Waals surface area contributed by atoms with E-state index >= 15 is 0 Å². The van der Waals surface area contributed by atoms with Crippen LogP contribution in [0.25, 0.3) is 0 Å². The summed E-state index contributed by atoms with van der Waals surface area (Å²) in [5.41, 5.74) is 9.22. The Hall–Kier alpha value is -7.78. The van der Waals surface area contributed by atoms with Crippen LogP contribution >= 0.6 is 0 Å². The maximum absolute atomic E-state index is 14.2. The van der Waals surface area contributed by atoms with Gasteiger partial charge >= 0.3 is 12.1 Å². The molecule has 0 aromatic heterocycles. The summed E-state index contributed by atoms with van der Waals surface area (Å²) in [6.07, 6.45) is -1.11. The van der Waals surface area contributed by atoms with Crippen LogP contribution in [-0.4, -0.2) is 101 Å². The molecule has 0 unspecified atom stereocenters. The van der Waals surface area contributed by atoms with Gasteiger partial charge < -0.3 is 52.2 Å². The van der Waals surface area contributed by atoms with E-state index < -0.39 is 95.1 Å². The fourth-order valence-corrected chi connectivity index (χ4v) is 6.72. The largest absolute Gasteiger partial charge is 0.508 e. The van der Waals surface area contributed by atoms with Crippen LogP contribution in [0.3, 0.4) is 0 Å². The number of hydrogen-bond acceptors (Lipinski definition) is 13. The number of amides is 6. The minimum atomic E-state index is -1.62. The Morgan fingerprint density at radius 3 is 1.81 bits per heavy atom. The van der Waals surface area contributed by atoms with Gasteiger partial charge in [0.2, 0.25) is 29.5 Å². The molecule has 67 heavy (non-hydrogen) atoms. The second-order valence-corrected chi connectivity index (χ2v) is 16.0. The number of nitrogens with one attached hydrogen (secondary N) is 7. The molecule has 3 aromatic rings. The first-order valence-electron chi connectivity index (χ1n) is 21.7. The summed E-state index contributed by atoms with van der Waals surface area (Å²) in [4.78, 5) is 111. The summed E-state index contributed by atoms with van der Waals surface area (Å²) in [5.74, 6) is -6.31. The van der Waals surface area contributed by atoms with Gasteiger partial charge in [0, 0.05) is 19.5 Å². The lowest BCUT2D eigenvalue weighted by molar-refractivity contribution is -0.525. The molecule has 0 aliphatic carbocycles. The van der Waals surface area contributed by atoms with Crippen molar-refractivity contribution in [1.29, 1.82) is 0 Å². The third-order valence-electron chi connectivity index (χ3n) is 10.3. The number of phenolic OH excluding ortho intramolecular Hbond substituents is 1. The Kier molecular flexibility index (Phi) is 20.8. The predicted molar refractivity (Wildman–Crippen MR) is 241 cm³/mol. The Morgan fingerprint density at radius 1 is 0.701 bits per heavy atom. The summed E-state index contributed by atoms with van der Waals surface area (Å²) < 4.78 is 10.7. The number of carbonyl (C=O) groups is 7. The molecular weight excluding hydrogens is 873 g/mol. The van der Waals surface area contributed by atoms with Crippen molar-refractivity contribution in [3.63, 3.8) is 0 Å². The number of ether oxygens (including phenoxy) is 2. The number of hydrazine groups is 1. The van der Waals surface area contributed by atoms with Crippen molar-refractivity contribution in [3.05, 3.63) is 112 Å². The molecule has 3 aromatic carbocycles. The van der Waals surface area contributed by atoms with Crippen molar-refractivity contribution in [1.82, 2.24) is 37.3 Å². The smallest absolute Gasteiger partial charge is 0.407 e. The summed E-state index contributed by atoms with van der Waals surface area (Å²) in [5, 5.41) is 35.6. The van der Waals surface area contributed by atoms with Gasteiger partial charge in [-0.25, -0.2) is 19.9 Å². The average molecular weight is 931 g/mol. The van der Waals surface area contributed by atoms with E-state index in [-0.39, 0.29) is 64.2 Å². The lowest BCUT2D eigenvalue weighted by Gasteiger charge is -2.27. The van der Waals surface area contributed by atoms with Gasteiger partial charge in [-0.3, -0.25) is 28.8 Å². The van der Waals surface area contributed by atoms with E-state index in [2.05, 4.69) is 36.9 Å². The molecule has 1 aliphatic heterocycles. The molecule has 22 heteroatoms. The van der Waals surface area contributed by atoms with E-state index in [0.29, 0.717) is 17.5 Å². The molecule has 6 amide bonds. The molecular formula is C45H58N10O12. The van der Waals surface area contributed by atoms with E-state index in [9.17, 15) is 48.8 Å². The number of nitro groups is 1. The first-order valence-corrected chi connectivity index (χ1v) is 21.7. The fourth-order valence-electron chi connectivity index (χ4n) is 6.72. The number of nitrogens with two attached hydrogens (primary N) is 1. The number of rotatable bonds is 19. The molecule has 1 saturated heterocycles. The van der Waals surface area contributed by atoms with Crippen LogP contribution in [0.2, 0.25) is 0 Å². The highest BCUT2D eigenvalue weighted by molar-refractivity contribution is 5.99. The van der Waals surface area contributed by atoms with E-state index in [1.54, 1.807) is 61.7 Å². The minimum Gasteiger partial charge on any atom is -0.508 e. The van der Waals surface area contributed by atoms with Gasteiger partial charge in [-0.05, 0) is 66.8 Å². The van der Waals surface area contributed by atoms with Crippen molar-refractivity contribution in [2.24, 2.45) is 16.6 Å². The molecule has 1 fully saturated rings. The number of guanidine groups is 1. The summed E-state index contributed by atoms with van der Waals surface area (Å²) in [6, 6.07) is 16.6. The maximum Gasteiger partial charge on any atom is 0.407 e. The van der Waals surface area contributed by atoms with Gasteiger partial charge in [-0.1, -0.05) is 92.1 Å². The number of hydrogen-bond donors (Lipinski definition) is 9. The number of unbranched alkanes of at least 4 members (excludes halogenated alkanes) is 1. The van der Waals surface area contributed by atoms with Crippen LogP contribution in [-0.2, 0) is 57.9 Å². The highest BCUT2D eigenvalue weighted by Crippen LogP contribution is 2.15.